The van der Waals surface area contributed by atoms with Crippen molar-refractivity contribution >= 4 is 19.3 Å². The van der Waals surface area contributed by atoms with Crippen LogP contribution in [0.4, 0.5) is 0 Å². The van der Waals surface area contributed by atoms with E-state index in [9.17, 15) is 19.3 Å². The molecule has 1 aromatic rings. The second-order valence-corrected chi connectivity index (χ2v) is 8.62. The minimum Gasteiger partial charge on any atom is -0.507 e. The molecule has 1 aromatic carbocycles. The summed E-state index contributed by atoms with van der Waals surface area (Å²) in [6, 6.07) is 0. The molecular formula is C19H25O8P. The van der Waals surface area contributed by atoms with Gasteiger partial charge in [-0.1, -0.05) is 11.6 Å². The summed E-state index contributed by atoms with van der Waals surface area (Å²) in [5.41, 5.74) is 2.90. The fourth-order valence-corrected chi connectivity index (χ4v) is 3.68. The van der Waals surface area contributed by atoms with Crippen molar-refractivity contribution in [3.05, 3.63) is 33.9 Å². The molecule has 2 rings (SSSR count). The number of Topliss-reactive ketones (excluding diaryl/α,β-unsaturated/α-hetero) is 1. The SMILES string of the molecule is COc1c(C)c2c(c(O)c1C/C=C(\C)CCC(=O)CCP(=O)(O)O)C(=O)OC2. The topological polar surface area (TPSA) is 130 Å². The first-order chi connectivity index (χ1) is 13.0. The van der Waals surface area contributed by atoms with Crippen LogP contribution in [0.15, 0.2) is 11.6 Å². The van der Waals surface area contributed by atoms with Crippen molar-refractivity contribution in [2.75, 3.05) is 13.3 Å². The number of carbonyl (C=O) groups excluding carboxylic acids is 2. The molecule has 0 amide bonds. The molecule has 0 fully saturated rings. The molecule has 0 saturated heterocycles. The van der Waals surface area contributed by atoms with Crippen LogP contribution in [0.25, 0.3) is 0 Å². The molecule has 0 unspecified atom stereocenters. The van der Waals surface area contributed by atoms with Crippen LogP contribution in [-0.2, 0) is 27.1 Å². The number of methoxy groups -OCH3 is 1. The van der Waals surface area contributed by atoms with E-state index >= 15 is 0 Å². The molecule has 0 atom stereocenters. The van der Waals surface area contributed by atoms with E-state index in [2.05, 4.69) is 0 Å². The molecule has 0 bridgehead atoms. The fraction of sp³-hybridized carbons (Fsp3) is 0.474. The summed E-state index contributed by atoms with van der Waals surface area (Å²) in [4.78, 5) is 41.3. The van der Waals surface area contributed by atoms with Gasteiger partial charge in [0.2, 0.25) is 0 Å². The van der Waals surface area contributed by atoms with Gasteiger partial charge in [0.05, 0.1) is 13.3 Å². The van der Waals surface area contributed by atoms with Crippen LogP contribution in [0.1, 0.15) is 53.2 Å². The lowest BCUT2D eigenvalue weighted by Gasteiger charge is -2.15. The van der Waals surface area contributed by atoms with Gasteiger partial charge in [0.25, 0.3) is 0 Å². The van der Waals surface area contributed by atoms with Gasteiger partial charge in [0.1, 0.15) is 29.5 Å². The minimum absolute atomic E-state index is 0.107. The summed E-state index contributed by atoms with van der Waals surface area (Å²) in [5, 5.41) is 10.6. The van der Waals surface area contributed by atoms with Gasteiger partial charge >= 0.3 is 13.6 Å². The molecule has 1 aliphatic rings. The molecule has 1 aliphatic heterocycles. The van der Waals surface area contributed by atoms with E-state index in [1.165, 1.54) is 7.11 Å². The third-order valence-electron chi connectivity index (χ3n) is 4.78. The number of hydrogen-bond acceptors (Lipinski definition) is 6. The smallest absolute Gasteiger partial charge is 0.342 e. The number of hydrogen-bond donors (Lipinski definition) is 3. The Morgan fingerprint density at radius 3 is 2.57 bits per heavy atom. The van der Waals surface area contributed by atoms with Crippen molar-refractivity contribution in [2.24, 2.45) is 0 Å². The van der Waals surface area contributed by atoms with Crippen molar-refractivity contribution < 1.29 is 38.5 Å². The van der Waals surface area contributed by atoms with E-state index in [-0.39, 0.29) is 36.5 Å². The zero-order chi connectivity index (χ0) is 21.1. The van der Waals surface area contributed by atoms with Crippen LogP contribution in [0, 0.1) is 6.92 Å². The normalized spacial score (nSPS) is 14.0. The summed E-state index contributed by atoms with van der Waals surface area (Å²) < 4.78 is 21.3. The molecule has 1 heterocycles. The number of carbonyl (C=O) groups is 2. The van der Waals surface area contributed by atoms with Crippen LogP contribution in [0.5, 0.6) is 11.5 Å². The molecule has 0 radical (unpaired) electrons. The number of phenols is 1. The molecule has 0 spiro atoms. The van der Waals surface area contributed by atoms with Gasteiger partial charge in [-0.05, 0) is 32.3 Å². The number of fused-ring (bicyclic) bond motifs is 1. The summed E-state index contributed by atoms with van der Waals surface area (Å²) in [7, 11) is -2.67. The largest absolute Gasteiger partial charge is 0.507 e. The van der Waals surface area contributed by atoms with Gasteiger partial charge in [0, 0.05) is 24.0 Å². The fourth-order valence-electron chi connectivity index (χ4n) is 3.14. The Morgan fingerprint density at radius 2 is 1.96 bits per heavy atom. The van der Waals surface area contributed by atoms with E-state index in [0.717, 1.165) is 11.1 Å². The predicted octanol–water partition coefficient (Wildman–Crippen LogP) is 2.79. The third-order valence-corrected chi connectivity index (χ3v) is 5.59. The molecule has 0 aromatic heterocycles. The zero-order valence-electron chi connectivity index (χ0n) is 16.2. The summed E-state index contributed by atoms with van der Waals surface area (Å²) in [5.74, 6) is -0.429. The minimum atomic E-state index is -4.17. The molecule has 9 heteroatoms. The summed E-state index contributed by atoms with van der Waals surface area (Å²) >= 11 is 0. The van der Waals surface area contributed by atoms with Gasteiger partial charge < -0.3 is 24.4 Å². The Hall–Kier alpha value is -2.15. The molecule has 0 aliphatic carbocycles. The number of phenolic OH excluding ortho intramolecular Hbond substituents is 1. The van der Waals surface area contributed by atoms with E-state index < -0.39 is 19.7 Å². The van der Waals surface area contributed by atoms with Crippen molar-refractivity contribution in [3.8, 4) is 11.5 Å². The lowest BCUT2D eigenvalue weighted by molar-refractivity contribution is -0.118. The maximum absolute atomic E-state index is 11.9. The first kappa shape index (κ1) is 22.1. The number of rotatable bonds is 9. The molecule has 0 saturated carbocycles. The van der Waals surface area contributed by atoms with Gasteiger partial charge in [-0.25, -0.2) is 4.79 Å². The molecule has 154 valence electrons. The average Bonchev–Trinajstić information content (AvgIpc) is 3.01. The van der Waals surface area contributed by atoms with Crippen molar-refractivity contribution in [3.63, 3.8) is 0 Å². The molecule has 8 nitrogen and oxygen atoms in total. The summed E-state index contributed by atoms with van der Waals surface area (Å²) in [6.07, 6.45) is 2.16. The van der Waals surface area contributed by atoms with Crippen LogP contribution in [0.2, 0.25) is 0 Å². The van der Waals surface area contributed by atoms with E-state index in [4.69, 9.17) is 19.3 Å². The van der Waals surface area contributed by atoms with E-state index in [1.54, 1.807) is 6.92 Å². The molecule has 3 N–H and O–H groups in total. The number of cyclic esters (lactones) is 1. The number of ether oxygens (including phenoxy) is 2. The summed E-state index contributed by atoms with van der Waals surface area (Å²) in [6.45, 7) is 3.74. The highest BCUT2D eigenvalue weighted by atomic mass is 31.2. The maximum atomic E-state index is 11.9. The Labute approximate surface area is 163 Å². The first-order valence-electron chi connectivity index (χ1n) is 8.85. The monoisotopic (exact) mass is 412 g/mol. The van der Waals surface area contributed by atoms with Gasteiger partial charge in [-0.3, -0.25) is 9.36 Å². The maximum Gasteiger partial charge on any atom is 0.342 e. The lowest BCUT2D eigenvalue weighted by Crippen LogP contribution is -2.03. The van der Waals surface area contributed by atoms with Crippen LogP contribution < -0.4 is 4.74 Å². The van der Waals surface area contributed by atoms with E-state index in [0.29, 0.717) is 29.7 Å². The quantitative estimate of drug-likeness (QED) is 0.321. The lowest BCUT2D eigenvalue weighted by atomic mass is 9.94. The Balaban J connectivity index is 2.10. The second-order valence-electron chi connectivity index (χ2n) is 6.85. The van der Waals surface area contributed by atoms with Crippen molar-refractivity contribution in [1.29, 1.82) is 0 Å². The van der Waals surface area contributed by atoms with Gasteiger partial charge in [0.15, 0.2) is 0 Å². The van der Waals surface area contributed by atoms with Crippen LogP contribution in [0.3, 0.4) is 0 Å². The molecule has 28 heavy (non-hydrogen) atoms. The predicted molar refractivity (Wildman–Crippen MR) is 102 cm³/mol. The highest BCUT2D eigenvalue weighted by Gasteiger charge is 2.31. The number of esters is 1. The Bertz CT molecular complexity index is 865. The Morgan fingerprint density at radius 1 is 1.29 bits per heavy atom. The van der Waals surface area contributed by atoms with Crippen LogP contribution >= 0.6 is 7.60 Å². The molecular weight excluding hydrogens is 387 g/mol. The van der Waals surface area contributed by atoms with Crippen molar-refractivity contribution in [1.82, 2.24) is 0 Å². The average molecular weight is 412 g/mol. The number of aromatic hydroxyl groups is 1. The third kappa shape index (κ3) is 5.22. The number of allylic oxidation sites excluding steroid dienone is 2. The highest BCUT2D eigenvalue weighted by Crippen LogP contribution is 2.42. The number of benzene rings is 1. The second kappa shape index (κ2) is 8.90. The number of ketones is 1. The van der Waals surface area contributed by atoms with Gasteiger partial charge in [-0.15, -0.1) is 0 Å². The van der Waals surface area contributed by atoms with Crippen molar-refractivity contribution in [2.45, 2.75) is 46.1 Å². The highest BCUT2D eigenvalue weighted by molar-refractivity contribution is 7.51. The van der Waals surface area contributed by atoms with Gasteiger partial charge in [-0.2, -0.15) is 0 Å². The van der Waals surface area contributed by atoms with Crippen LogP contribution in [-0.4, -0.2) is 39.9 Å². The zero-order valence-corrected chi connectivity index (χ0v) is 17.0. The van der Waals surface area contributed by atoms with E-state index in [1.807, 2.05) is 13.0 Å². The first-order valence-corrected chi connectivity index (χ1v) is 10.6. The standard InChI is InChI=1S/C19H25O8P/c1-11(4-6-13(20)8-9-28(23,24)25)5-7-14-17(21)16-15(10-27-19(16)22)12(2)18(14)26-3/h5,21H,4,6-10H2,1-3H3,(H2,23,24,25)/b11-5+. The Kier molecular flexibility index (Phi) is 7.04.